The predicted octanol–water partition coefficient (Wildman–Crippen LogP) is 3.10. The molecule has 1 saturated heterocycles. The molecule has 3 aromatic rings. The predicted molar refractivity (Wildman–Crippen MR) is 141 cm³/mol. The molecule has 1 atom stereocenters. The number of para-hydroxylation sites is 1. The van der Waals surface area contributed by atoms with Crippen LogP contribution in [0.1, 0.15) is 36.3 Å². The quantitative estimate of drug-likeness (QED) is 0.320. The van der Waals surface area contributed by atoms with E-state index in [1.54, 1.807) is 0 Å². The lowest BCUT2D eigenvalue weighted by molar-refractivity contribution is 0.102. The summed E-state index contributed by atoms with van der Waals surface area (Å²) >= 11 is 0. The first-order chi connectivity index (χ1) is 18.1. The van der Waals surface area contributed by atoms with Crippen molar-refractivity contribution in [3.63, 3.8) is 0 Å². The Bertz CT molecular complexity index is 1440. The number of halogens is 3. The number of benzene rings is 2. The number of rotatable bonds is 7. The molecule has 5 N–H and O–H groups in total. The third-order valence-electron chi connectivity index (χ3n) is 6.20. The van der Waals surface area contributed by atoms with E-state index in [0.717, 1.165) is 42.8 Å². The second-order valence-electron chi connectivity index (χ2n) is 9.28. The summed E-state index contributed by atoms with van der Waals surface area (Å²) in [5.41, 5.74) is 10.8. The van der Waals surface area contributed by atoms with Crippen molar-refractivity contribution < 1.29 is 18.0 Å². The van der Waals surface area contributed by atoms with Crippen LogP contribution in [-0.4, -0.2) is 47.6 Å². The number of amides is 1. The van der Waals surface area contributed by atoms with Crippen LogP contribution in [-0.2, 0) is 0 Å². The summed E-state index contributed by atoms with van der Waals surface area (Å²) in [6.45, 7) is 5.32. The minimum Gasteiger partial charge on any atom is -0.396 e. The van der Waals surface area contributed by atoms with Gasteiger partial charge in [0.05, 0.1) is 17.1 Å². The zero-order chi connectivity index (χ0) is 27.6. The van der Waals surface area contributed by atoms with Crippen molar-refractivity contribution in [2.24, 2.45) is 16.6 Å². The Balaban J connectivity index is 1.78. The topological polar surface area (TPSA) is 132 Å². The molecule has 1 amide bonds. The second kappa shape index (κ2) is 11.1. The van der Waals surface area contributed by atoms with Crippen molar-refractivity contribution in [2.75, 3.05) is 35.6 Å². The Hall–Kier alpha value is -4.19. The van der Waals surface area contributed by atoms with Gasteiger partial charge in [0.2, 0.25) is 0 Å². The van der Waals surface area contributed by atoms with Gasteiger partial charge in [-0.1, -0.05) is 6.07 Å². The highest BCUT2D eigenvalue weighted by Crippen LogP contribution is 2.38. The summed E-state index contributed by atoms with van der Waals surface area (Å²) < 4.78 is 44.0. The van der Waals surface area contributed by atoms with Crippen molar-refractivity contribution >= 4 is 29.2 Å². The summed E-state index contributed by atoms with van der Waals surface area (Å²) in [5, 5.41) is 6.50. The number of aliphatic imine (C=N–C) groups is 1. The number of hydrogen-bond donors (Lipinski definition) is 3. The van der Waals surface area contributed by atoms with Crippen LogP contribution in [0.3, 0.4) is 0 Å². The van der Waals surface area contributed by atoms with E-state index >= 15 is 0 Å². The molecule has 0 unspecified atom stereocenters. The summed E-state index contributed by atoms with van der Waals surface area (Å²) in [5.74, 6) is -3.46. The summed E-state index contributed by atoms with van der Waals surface area (Å²) in [6.07, 6.45) is 2.27. The zero-order valence-electron chi connectivity index (χ0n) is 20.9. The minimum atomic E-state index is -1.03. The Labute approximate surface area is 217 Å². The molecule has 0 radical (unpaired) electrons. The lowest BCUT2D eigenvalue weighted by Crippen LogP contribution is -2.28. The standard InChI is InChI=1S/C26H28F3N7O2/c1-14(2)32-12-16-23(31)19(29)10-21(24(16)35-9-8-15(11-30)13-35)33-26(38)20-6-7-22(37)36(34-20)25-17(27)4-3-5-18(25)28/h3-7,10,12,14-15H,8-9,11,13,30-31H2,1-2H3,(H,33,38)/t15-/m0/s1. The third kappa shape index (κ3) is 5.40. The van der Waals surface area contributed by atoms with Gasteiger partial charge >= 0.3 is 0 Å². The fourth-order valence-corrected chi connectivity index (χ4v) is 4.26. The monoisotopic (exact) mass is 527 g/mol. The molecule has 0 aliphatic carbocycles. The first-order valence-corrected chi connectivity index (χ1v) is 12.1. The fourth-order valence-electron chi connectivity index (χ4n) is 4.26. The normalized spacial score (nSPS) is 15.6. The molecule has 0 saturated carbocycles. The lowest BCUT2D eigenvalue weighted by Gasteiger charge is -2.26. The molecule has 1 aliphatic rings. The number of hydrogen-bond acceptors (Lipinski definition) is 7. The number of nitrogen functional groups attached to an aromatic ring is 1. The van der Waals surface area contributed by atoms with Crippen LogP contribution in [0, 0.1) is 23.4 Å². The Morgan fingerprint density at radius 2 is 1.89 bits per heavy atom. The smallest absolute Gasteiger partial charge is 0.276 e. The van der Waals surface area contributed by atoms with Gasteiger partial charge in [0.15, 0.2) is 11.6 Å². The van der Waals surface area contributed by atoms with Gasteiger partial charge in [0.25, 0.3) is 11.5 Å². The van der Waals surface area contributed by atoms with Gasteiger partial charge in [-0.15, -0.1) is 0 Å². The van der Waals surface area contributed by atoms with E-state index in [1.165, 1.54) is 6.21 Å². The van der Waals surface area contributed by atoms with E-state index < -0.39 is 34.6 Å². The number of anilines is 3. The van der Waals surface area contributed by atoms with Gasteiger partial charge in [-0.05, 0) is 50.9 Å². The van der Waals surface area contributed by atoms with Gasteiger partial charge < -0.3 is 21.7 Å². The average Bonchev–Trinajstić information content (AvgIpc) is 3.34. The summed E-state index contributed by atoms with van der Waals surface area (Å²) in [6, 6.07) is 6.15. The largest absolute Gasteiger partial charge is 0.396 e. The number of nitrogens with one attached hydrogen (secondary N) is 1. The fraction of sp³-hybridized carbons (Fsp3) is 0.308. The SMILES string of the molecule is CC(C)N=Cc1c(N)c(F)cc(NC(=O)c2ccc(=O)n(-c3c(F)cccc3F)n2)c1N1CC[C@@H](CN)C1. The van der Waals surface area contributed by atoms with Crippen molar-refractivity contribution in [1.29, 1.82) is 0 Å². The van der Waals surface area contributed by atoms with Gasteiger partial charge in [-0.25, -0.2) is 13.2 Å². The van der Waals surface area contributed by atoms with Crippen LogP contribution in [0.15, 0.2) is 46.2 Å². The highest BCUT2D eigenvalue weighted by Gasteiger charge is 2.28. The van der Waals surface area contributed by atoms with Crippen LogP contribution in [0.4, 0.5) is 30.2 Å². The second-order valence-corrected chi connectivity index (χ2v) is 9.28. The van der Waals surface area contributed by atoms with E-state index in [9.17, 15) is 22.8 Å². The number of carbonyl (C=O) groups is 1. The van der Waals surface area contributed by atoms with Gasteiger partial charge in [-0.3, -0.25) is 14.6 Å². The highest BCUT2D eigenvalue weighted by molar-refractivity contribution is 6.08. The number of aromatic nitrogens is 2. The number of nitrogens with two attached hydrogens (primary N) is 2. The molecule has 1 aromatic heterocycles. The van der Waals surface area contributed by atoms with Crippen LogP contribution in [0.2, 0.25) is 0 Å². The number of nitrogens with zero attached hydrogens (tertiary/aromatic N) is 4. The zero-order valence-corrected chi connectivity index (χ0v) is 20.9. The molecule has 0 bridgehead atoms. The maximum Gasteiger partial charge on any atom is 0.276 e. The summed E-state index contributed by atoms with van der Waals surface area (Å²) in [4.78, 5) is 31.9. The molecule has 1 fully saturated rings. The Morgan fingerprint density at radius 1 is 1.18 bits per heavy atom. The molecule has 4 rings (SSSR count). The van der Waals surface area contributed by atoms with E-state index in [0.29, 0.717) is 35.6 Å². The van der Waals surface area contributed by atoms with Crippen LogP contribution < -0.4 is 27.2 Å². The summed E-state index contributed by atoms with van der Waals surface area (Å²) in [7, 11) is 0. The maximum atomic E-state index is 14.9. The van der Waals surface area contributed by atoms with E-state index in [-0.39, 0.29) is 29.0 Å². The van der Waals surface area contributed by atoms with E-state index in [1.807, 2.05) is 18.7 Å². The Kier molecular flexibility index (Phi) is 7.81. The van der Waals surface area contributed by atoms with Crippen LogP contribution >= 0.6 is 0 Å². The van der Waals surface area contributed by atoms with Crippen molar-refractivity contribution in [2.45, 2.75) is 26.3 Å². The average molecular weight is 528 g/mol. The van der Waals surface area contributed by atoms with Gasteiger partial charge in [0.1, 0.15) is 17.2 Å². The molecule has 9 nitrogen and oxygen atoms in total. The lowest BCUT2D eigenvalue weighted by atomic mass is 10.1. The van der Waals surface area contributed by atoms with Gasteiger partial charge in [-0.2, -0.15) is 9.78 Å². The molecule has 200 valence electrons. The highest BCUT2D eigenvalue weighted by atomic mass is 19.1. The molecule has 0 spiro atoms. The molecule has 38 heavy (non-hydrogen) atoms. The van der Waals surface area contributed by atoms with E-state index in [4.69, 9.17) is 11.5 Å². The molecule has 1 aliphatic heterocycles. The Morgan fingerprint density at radius 3 is 2.53 bits per heavy atom. The first kappa shape index (κ1) is 26.9. The third-order valence-corrected chi connectivity index (χ3v) is 6.20. The van der Waals surface area contributed by atoms with Crippen LogP contribution in [0.25, 0.3) is 5.69 Å². The van der Waals surface area contributed by atoms with Crippen molar-refractivity contribution in [3.8, 4) is 5.69 Å². The maximum absolute atomic E-state index is 14.9. The van der Waals surface area contributed by atoms with E-state index in [2.05, 4.69) is 15.4 Å². The minimum absolute atomic E-state index is 0.0945. The molecular weight excluding hydrogens is 499 g/mol. The first-order valence-electron chi connectivity index (χ1n) is 12.1. The van der Waals surface area contributed by atoms with Gasteiger partial charge in [0, 0.05) is 43.0 Å². The van der Waals surface area contributed by atoms with Crippen molar-refractivity contribution in [1.82, 2.24) is 9.78 Å². The number of carbonyl (C=O) groups excluding carboxylic acids is 1. The van der Waals surface area contributed by atoms with Crippen molar-refractivity contribution in [3.05, 3.63) is 75.5 Å². The molecule has 2 heterocycles. The molecule has 2 aromatic carbocycles. The molecule has 12 heteroatoms. The molecular formula is C26H28F3N7O2. The van der Waals surface area contributed by atoms with Crippen LogP contribution in [0.5, 0.6) is 0 Å².